The van der Waals surface area contributed by atoms with Gasteiger partial charge in [0.05, 0.1) is 6.20 Å². The molecular weight excluding hydrogens is 114 g/mol. The molecule has 0 aliphatic heterocycles. The van der Waals surface area contributed by atoms with Gasteiger partial charge in [0.1, 0.15) is 5.82 Å². The van der Waals surface area contributed by atoms with Crippen molar-refractivity contribution in [3.63, 3.8) is 0 Å². The summed E-state index contributed by atoms with van der Waals surface area (Å²) in [4.78, 5) is 0. The Hall–Kier alpha value is -1.12. The summed E-state index contributed by atoms with van der Waals surface area (Å²) in [5.74, 6) is 0.542. The van der Waals surface area contributed by atoms with Gasteiger partial charge in [-0.1, -0.05) is 6.92 Å². The zero-order chi connectivity index (χ0) is 6.69. The van der Waals surface area contributed by atoms with Crippen LogP contribution in [0.1, 0.15) is 12.5 Å². The van der Waals surface area contributed by atoms with Crippen molar-refractivity contribution < 1.29 is 0 Å². The molecule has 1 aromatic rings. The maximum atomic E-state index is 5.46. The smallest absolute Gasteiger partial charge is 0.149 e. The summed E-state index contributed by atoms with van der Waals surface area (Å²) >= 11 is 0. The zero-order valence-corrected chi connectivity index (χ0v) is 5.33. The number of nitrogens with zero attached hydrogens (tertiary/aromatic N) is 2. The summed E-state index contributed by atoms with van der Waals surface area (Å²) in [5, 5.41) is 7.30. The zero-order valence-electron chi connectivity index (χ0n) is 5.33. The number of hydrogen-bond donors (Lipinski definition) is 1. The van der Waals surface area contributed by atoms with Crippen LogP contribution >= 0.6 is 0 Å². The monoisotopic (exact) mass is 123 g/mol. The Balaban J connectivity index is 3.01. The first-order chi connectivity index (χ1) is 4.34. The van der Waals surface area contributed by atoms with Crippen molar-refractivity contribution in [2.45, 2.75) is 13.3 Å². The largest absolute Gasteiger partial charge is 0.382 e. The summed E-state index contributed by atoms with van der Waals surface area (Å²) in [7, 11) is 0. The van der Waals surface area contributed by atoms with Gasteiger partial charge >= 0.3 is 0 Å². The van der Waals surface area contributed by atoms with Gasteiger partial charge in [-0.05, 0) is 18.1 Å². The molecule has 0 spiro atoms. The van der Waals surface area contributed by atoms with E-state index in [1.54, 1.807) is 6.20 Å². The van der Waals surface area contributed by atoms with Gasteiger partial charge in [-0.25, -0.2) is 0 Å². The Morgan fingerprint density at radius 1 is 1.67 bits per heavy atom. The van der Waals surface area contributed by atoms with Gasteiger partial charge in [-0.2, -0.15) is 5.10 Å². The van der Waals surface area contributed by atoms with Crippen LogP contribution in [0.5, 0.6) is 0 Å². The lowest BCUT2D eigenvalue weighted by Gasteiger charge is -1.95. The molecule has 0 unspecified atom stereocenters. The quantitative estimate of drug-likeness (QED) is 0.595. The summed E-state index contributed by atoms with van der Waals surface area (Å²) < 4.78 is 0. The van der Waals surface area contributed by atoms with Gasteiger partial charge in [0.25, 0.3) is 0 Å². The maximum Gasteiger partial charge on any atom is 0.149 e. The fraction of sp³-hybridized carbons (Fsp3) is 0.333. The van der Waals surface area contributed by atoms with Crippen LogP contribution in [-0.2, 0) is 6.42 Å². The van der Waals surface area contributed by atoms with Crippen molar-refractivity contribution in [3.8, 4) is 0 Å². The van der Waals surface area contributed by atoms with Gasteiger partial charge < -0.3 is 5.73 Å². The van der Waals surface area contributed by atoms with Crippen LogP contribution in [0, 0.1) is 0 Å². The highest BCUT2D eigenvalue weighted by atomic mass is 15.1. The van der Waals surface area contributed by atoms with E-state index in [0.29, 0.717) is 5.82 Å². The van der Waals surface area contributed by atoms with Crippen molar-refractivity contribution in [2.24, 2.45) is 0 Å². The van der Waals surface area contributed by atoms with Gasteiger partial charge in [0.2, 0.25) is 0 Å². The third-order valence-electron chi connectivity index (χ3n) is 1.22. The minimum Gasteiger partial charge on any atom is -0.382 e. The van der Waals surface area contributed by atoms with Crippen LogP contribution in [0.4, 0.5) is 5.82 Å². The van der Waals surface area contributed by atoms with Crippen LogP contribution in [-0.4, -0.2) is 10.2 Å². The molecule has 1 aromatic heterocycles. The highest BCUT2D eigenvalue weighted by Crippen LogP contribution is 2.04. The lowest BCUT2D eigenvalue weighted by atomic mass is 10.2. The molecule has 0 saturated heterocycles. The van der Waals surface area contributed by atoms with Crippen molar-refractivity contribution in [1.82, 2.24) is 10.2 Å². The molecule has 1 rings (SSSR count). The number of aromatic nitrogens is 2. The molecule has 0 saturated carbocycles. The molecule has 0 amide bonds. The second kappa shape index (κ2) is 2.44. The molecule has 0 fully saturated rings. The van der Waals surface area contributed by atoms with Crippen molar-refractivity contribution in [2.75, 3.05) is 5.73 Å². The van der Waals surface area contributed by atoms with Crippen LogP contribution in [0.3, 0.4) is 0 Å². The molecule has 0 aliphatic carbocycles. The Bertz CT molecular complexity index is 197. The Morgan fingerprint density at radius 3 is 2.89 bits per heavy atom. The number of nitrogens with two attached hydrogens (primary N) is 1. The molecule has 3 heteroatoms. The van der Waals surface area contributed by atoms with E-state index in [1.807, 2.05) is 13.0 Å². The molecule has 0 aliphatic rings. The Kier molecular flexibility index (Phi) is 1.63. The van der Waals surface area contributed by atoms with Crippen molar-refractivity contribution in [1.29, 1.82) is 0 Å². The van der Waals surface area contributed by atoms with E-state index in [4.69, 9.17) is 5.73 Å². The molecule has 48 valence electrons. The van der Waals surface area contributed by atoms with Crippen LogP contribution in [0.2, 0.25) is 0 Å². The third kappa shape index (κ3) is 1.16. The lowest BCUT2D eigenvalue weighted by Crippen LogP contribution is -1.96. The topological polar surface area (TPSA) is 51.8 Å². The molecule has 0 atom stereocenters. The standard InChI is InChI=1S/C6H9N3/c1-2-5-3-4-8-9-6(5)7/h3-4H,2H2,1H3,(H2,7,9). The predicted octanol–water partition coefficient (Wildman–Crippen LogP) is 0.621. The minimum absolute atomic E-state index is 0.542. The maximum absolute atomic E-state index is 5.46. The number of anilines is 1. The lowest BCUT2D eigenvalue weighted by molar-refractivity contribution is 0.996. The molecule has 1 heterocycles. The number of hydrogen-bond acceptors (Lipinski definition) is 3. The normalized spacial score (nSPS) is 9.44. The molecular formula is C6H9N3. The van der Waals surface area contributed by atoms with Gasteiger partial charge in [-0.3, -0.25) is 0 Å². The third-order valence-corrected chi connectivity index (χ3v) is 1.22. The average Bonchev–Trinajstić information content (AvgIpc) is 1.89. The fourth-order valence-electron chi connectivity index (χ4n) is 0.667. The average molecular weight is 123 g/mol. The second-order valence-electron chi connectivity index (χ2n) is 1.80. The summed E-state index contributed by atoms with van der Waals surface area (Å²) in [6.07, 6.45) is 2.57. The van der Waals surface area contributed by atoms with E-state index in [0.717, 1.165) is 12.0 Å². The van der Waals surface area contributed by atoms with Crippen LogP contribution in [0.15, 0.2) is 12.3 Å². The van der Waals surface area contributed by atoms with E-state index in [9.17, 15) is 0 Å². The minimum atomic E-state index is 0.542. The summed E-state index contributed by atoms with van der Waals surface area (Å²) in [6, 6.07) is 1.88. The highest BCUT2D eigenvalue weighted by molar-refractivity contribution is 5.36. The Labute approximate surface area is 53.9 Å². The highest BCUT2D eigenvalue weighted by Gasteiger charge is 1.93. The fourth-order valence-corrected chi connectivity index (χ4v) is 0.667. The number of rotatable bonds is 1. The van der Waals surface area contributed by atoms with Crippen molar-refractivity contribution in [3.05, 3.63) is 17.8 Å². The SMILES string of the molecule is CCc1ccnnc1N. The molecule has 2 N–H and O–H groups in total. The predicted molar refractivity (Wildman–Crippen MR) is 35.8 cm³/mol. The van der Waals surface area contributed by atoms with E-state index < -0.39 is 0 Å². The molecule has 9 heavy (non-hydrogen) atoms. The van der Waals surface area contributed by atoms with E-state index in [2.05, 4.69) is 10.2 Å². The molecule has 0 aromatic carbocycles. The van der Waals surface area contributed by atoms with E-state index >= 15 is 0 Å². The first kappa shape index (κ1) is 6.01. The van der Waals surface area contributed by atoms with Gasteiger partial charge in [0, 0.05) is 0 Å². The van der Waals surface area contributed by atoms with Gasteiger partial charge in [0.15, 0.2) is 0 Å². The summed E-state index contributed by atoms with van der Waals surface area (Å²) in [5.41, 5.74) is 6.52. The molecule has 0 bridgehead atoms. The van der Waals surface area contributed by atoms with Crippen LogP contribution in [0.25, 0.3) is 0 Å². The summed E-state index contributed by atoms with van der Waals surface area (Å²) in [6.45, 7) is 2.04. The van der Waals surface area contributed by atoms with Crippen LogP contribution < -0.4 is 5.73 Å². The first-order valence-corrected chi connectivity index (χ1v) is 2.90. The second-order valence-corrected chi connectivity index (χ2v) is 1.80. The molecule has 0 radical (unpaired) electrons. The Morgan fingerprint density at radius 2 is 2.44 bits per heavy atom. The molecule has 3 nitrogen and oxygen atoms in total. The number of aryl methyl sites for hydroxylation is 1. The number of nitrogen functional groups attached to an aromatic ring is 1. The van der Waals surface area contributed by atoms with E-state index in [-0.39, 0.29) is 0 Å². The van der Waals surface area contributed by atoms with E-state index in [1.165, 1.54) is 0 Å². The first-order valence-electron chi connectivity index (χ1n) is 2.90. The van der Waals surface area contributed by atoms with Gasteiger partial charge in [-0.15, -0.1) is 5.10 Å². The van der Waals surface area contributed by atoms with Crippen molar-refractivity contribution >= 4 is 5.82 Å².